The first-order valence-corrected chi connectivity index (χ1v) is 7.57. The minimum atomic E-state index is -0.530. The van der Waals surface area contributed by atoms with Crippen LogP contribution in [0.15, 0.2) is 36.4 Å². The molecule has 23 heavy (non-hydrogen) atoms. The quantitative estimate of drug-likeness (QED) is 0.662. The second-order valence-electron chi connectivity index (χ2n) is 4.78. The van der Waals surface area contributed by atoms with Crippen LogP contribution < -0.4 is 15.5 Å². The third-order valence-electron chi connectivity index (χ3n) is 3.29. The Labute approximate surface area is 134 Å². The third kappa shape index (κ3) is 3.14. The minimum Gasteiger partial charge on any atom is -0.336 e. The monoisotopic (exact) mass is 332 g/mol. The molecule has 3 rings (SSSR count). The van der Waals surface area contributed by atoms with Crippen molar-refractivity contribution in [3.8, 4) is 0 Å². The fourth-order valence-corrected chi connectivity index (χ4v) is 2.90. The summed E-state index contributed by atoms with van der Waals surface area (Å²) >= 11 is 0.820. The highest BCUT2D eigenvalue weighted by atomic mass is 32.1. The highest BCUT2D eigenvalue weighted by Gasteiger charge is 2.21. The van der Waals surface area contributed by atoms with Gasteiger partial charge in [-0.15, -0.1) is 0 Å². The van der Waals surface area contributed by atoms with Gasteiger partial charge in [-0.2, -0.15) is 0 Å². The summed E-state index contributed by atoms with van der Waals surface area (Å²) < 4.78 is 0. The molecular weight excluding hydrogens is 320 g/mol. The average Bonchev–Trinajstić information content (AvgIpc) is 3.17. The number of carbonyl (C=O) groups is 2. The Bertz CT molecular complexity index is 771. The largest absolute Gasteiger partial charge is 0.336 e. The lowest BCUT2D eigenvalue weighted by molar-refractivity contribution is -0.380. The Morgan fingerprint density at radius 1 is 1.26 bits per heavy atom. The molecule has 2 N–H and O–H groups in total. The standard InChI is InChI=1S/C14H12N4O4S/c19-13(11-5-6-12(23-11)18(21)22)16-9-1-3-10(4-2-9)17-8-7-15-14(17)20/h1-6H,7-8H2,(H,15,20)(H,16,19). The summed E-state index contributed by atoms with van der Waals surface area (Å²) in [6.07, 6.45) is 0. The molecule has 0 bridgehead atoms. The highest BCUT2D eigenvalue weighted by molar-refractivity contribution is 7.17. The van der Waals surface area contributed by atoms with E-state index in [-0.39, 0.29) is 15.9 Å². The van der Waals surface area contributed by atoms with E-state index >= 15 is 0 Å². The first kappa shape index (κ1) is 15.0. The molecule has 0 radical (unpaired) electrons. The molecule has 8 nitrogen and oxygen atoms in total. The van der Waals surface area contributed by atoms with Gasteiger partial charge in [-0.05, 0) is 30.3 Å². The molecule has 118 valence electrons. The van der Waals surface area contributed by atoms with Gasteiger partial charge in [0.25, 0.3) is 5.91 Å². The number of anilines is 2. The SMILES string of the molecule is O=C(Nc1ccc(N2CCNC2=O)cc1)c1ccc([N+](=O)[O-])s1. The topological polar surface area (TPSA) is 105 Å². The van der Waals surface area contributed by atoms with E-state index in [1.165, 1.54) is 12.1 Å². The van der Waals surface area contributed by atoms with Gasteiger partial charge in [-0.1, -0.05) is 11.3 Å². The van der Waals surface area contributed by atoms with Crippen molar-refractivity contribution in [2.75, 3.05) is 23.3 Å². The Kier molecular flexibility index (Phi) is 3.94. The molecular formula is C14H12N4O4S. The molecule has 9 heteroatoms. The van der Waals surface area contributed by atoms with Crippen molar-refractivity contribution < 1.29 is 14.5 Å². The van der Waals surface area contributed by atoms with Crippen LogP contribution in [-0.2, 0) is 0 Å². The summed E-state index contributed by atoms with van der Waals surface area (Å²) in [6, 6.07) is 9.40. The number of hydrogen-bond donors (Lipinski definition) is 2. The zero-order valence-corrected chi connectivity index (χ0v) is 12.6. The summed E-state index contributed by atoms with van der Waals surface area (Å²) in [6.45, 7) is 1.21. The normalized spacial score (nSPS) is 13.7. The second kappa shape index (κ2) is 6.05. The fraction of sp³-hybridized carbons (Fsp3) is 0.143. The molecule has 0 spiro atoms. The van der Waals surface area contributed by atoms with Crippen LogP contribution in [0.2, 0.25) is 0 Å². The van der Waals surface area contributed by atoms with Crippen molar-refractivity contribution in [3.63, 3.8) is 0 Å². The van der Waals surface area contributed by atoms with Crippen LogP contribution >= 0.6 is 11.3 Å². The summed E-state index contributed by atoms with van der Waals surface area (Å²) in [5, 5.41) is 15.9. The van der Waals surface area contributed by atoms with Crippen LogP contribution in [0.1, 0.15) is 9.67 Å². The number of amides is 3. The fourth-order valence-electron chi connectivity index (χ4n) is 2.18. The lowest BCUT2D eigenvalue weighted by Gasteiger charge is -2.14. The number of nitrogens with zero attached hydrogens (tertiary/aromatic N) is 2. The Morgan fingerprint density at radius 3 is 2.57 bits per heavy atom. The van der Waals surface area contributed by atoms with E-state index in [9.17, 15) is 19.7 Å². The number of nitro groups is 1. The van der Waals surface area contributed by atoms with E-state index in [2.05, 4.69) is 10.6 Å². The summed E-state index contributed by atoms with van der Waals surface area (Å²) in [5.74, 6) is -0.408. The van der Waals surface area contributed by atoms with Crippen molar-refractivity contribution in [2.45, 2.75) is 0 Å². The number of hydrogen-bond acceptors (Lipinski definition) is 5. The Balaban J connectivity index is 1.68. The van der Waals surface area contributed by atoms with E-state index in [4.69, 9.17) is 0 Å². The van der Waals surface area contributed by atoms with E-state index in [1.807, 2.05) is 0 Å². The van der Waals surface area contributed by atoms with E-state index in [0.717, 1.165) is 17.0 Å². The summed E-state index contributed by atoms with van der Waals surface area (Å²) in [7, 11) is 0. The molecule has 0 unspecified atom stereocenters. The van der Waals surface area contributed by atoms with Gasteiger partial charge < -0.3 is 10.6 Å². The molecule has 1 fully saturated rings. The van der Waals surface area contributed by atoms with Gasteiger partial charge in [0, 0.05) is 30.5 Å². The maximum Gasteiger partial charge on any atom is 0.324 e. The Morgan fingerprint density at radius 2 is 2.00 bits per heavy atom. The van der Waals surface area contributed by atoms with Crippen LogP contribution in [0.25, 0.3) is 0 Å². The number of thiophene rings is 1. The van der Waals surface area contributed by atoms with Crippen LogP contribution in [0.5, 0.6) is 0 Å². The van der Waals surface area contributed by atoms with Gasteiger partial charge in [0.05, 0.1) is 9.80 Å². The molecule has 1 aliphatic heterocycles. The summed E-state index contributed by atoms with van der Waals surface area (Å²) in [5.41, 5.74) is 1.29. The van der Waals surface area contributed by atoms with Crippen molar-refractivity contribution in [1.82, 2.24) is 5.32 Å². The van der Waals surface area contributed by atoms with Crippen LogP contribution in [0.4, 0.5) is 21.2 Å². The molecule has 0 atom stereocenters. The maximum absolute atomic E-state index is 12.0. The minimum absolute atomic E-state index is 0.0782. The first-order valence-electron chi connectivity index (χ1n) is 6.75. The molecule has 0 saturated carbocycles. The van der Waals surface area contributed by atoms with Crippen molar-refractivity contribution in [3.05, 3.63) is 51.4 Å². The van der Waals surface area contributed by atoms with Gasteiger partial charge in [-0.25, -0.2) is 4.79 Å². The van der Waals surface area contributed by atoms with Crippen molar-refractivity contribution >= 4 is 39.7 Å². The summed E-state index contributed by atoms with van der Waals surface area (Å²) in [4.78, 5) is 35.6. The molecule has 2 heterocycles. The predicted octanol–water partition coefficient (Wildman–Crippen LogP) is 2.44. The molecule has 1 aromatic carbocycles. The van der Waals surface area contributed by atoms with Crippen molar-refractivity contribution in [1.29, 1.82) is 0 Å². The van der Waals surface area contributed by atoms with Gasteiger partial charge in [0.15, 0.2) is 0 Å². The third-order valence-corrected chi connectivity index (χ3v) is 4.32. The molecule has 0 aliphatic carbocycles. The first-order chi connectivity index (χ1) is 11.0. The molecule has 1 saturated heterocycles. The number of benzene rings is 1. The zero-order chi connectivity index (χ0) is 16.4. The number of nitrogens with one attached hydrogen (secondary N) is 2. The smallest absolute Gasteiger partial charge is 0.324 e. The number of carbonyl (C=O) groups excluding carboxylic acids is 2. The maximum atomic E-state index is 12.0. The van der Waals surface area contributed by atoms with Gasteiger partial charge in [-0.3, -0.25) is 19.8 Å². The Hall–Kier alpha value is -2.94. The molecule has 2 aromatic rings. The zero-order valence-electron chi connectivity index (χ0n) is 11.8. The van der Waals surface area contributed by atoms with E-state index in [0.29, 0.717) is 18.8 Å². The van der Waals surface area contributed by atoms with Gasteiger partial charge in [0.2, 0.25) is 0 Å². The van der Waals surface area contributed by atoms with Crippen LogP contribution in [0, 0.1) is 10.1 Å². The van der Waals surface area contributed by atoms with Gasteiger partial charge >= 0.3 is 11.0 Å². The predicted molar refractivity (Wildman–Crippen MR) is 86.1 cm³/mol. The molecule has 3 amide bonds. The van der Waals surface area contributed by atoms with E-state index < -0.39 is 10.8 Å². The molecule has 1 aromatic heterocycles. The highest BCUT2D eigenvalue weighted by Crippen LogP contribution is 2.25. The number of urea groups is 1. The lowest BCUT2D eigenvalue weighted by Crippen LogP contribution is -2.27. The van der Waals surface area contributed by atoms with Gasteiger partial charge in [0.1, 0.15) is 0 Å². The van der Waals surface area contributed by atoms with E-state index in [1.54, 1.807) is 29.2 Å². The number of rotatable bonds is 4. The van der Waals surface area contributed by atoms with Crippen molar-refractivity contribution in [2.24, 2.45) is 0 Å². The van der Waals surface area contributed by atoms with Crippen LogP contribution in [-0.4, -0.2) is 30.0 Å². The average molecular weight is 332 g/mol. The molecule has 1 aliphatic rings. The second-order valence-corrected chi connectivity index (χ2v) is 5.84. The van der Waals surface area contributed by atoms with Crippen LogP contribution in [0.3, 0.4) is 0 Å². The lowest BCUT2D eigenvalue weighted by atomic mass is 10.2.